The third kappa shape index (κ3) is 4.47. The number of nitrogens with zero attached hydrogens (tertiary/aromatic N) is 1. The van der Waals surface area contributed by atoms with Crippen LogP contribution >= 0.6 is 34.5 Å². The first-order chi connectivity index (χ1) is 13.3. The number of hydrogen-bond donors (Lipinski definition) is 1. The minimum absolute atomic E-state index is 0.0606. The molecule has 1 aromatic heterocycles. The molecule has 0 saturated carbocycles. The van der Waals surface area contributed by atoms with Gasteiger partial charge in [0.1, 0.15) is 16.6 Å². The second-order valence-electron chi connectivity index (χ2n) is 5.57. The zero-order chi connectivity index (χ0) is 20.3. The van der Waals surface area contributed by atoms with Crippen LogP contribution in [0.5, 0.6) is 0 Å². The van der Waals surface area contributed by atoms with E-state index in [1.807, 2.05) is 0 Å². The SMILES string of the molecule is O=C(CN(c1ccc(F)cc1)S(=O)(=O)c1cccs1)Nc1cccc(Cl)c1Cl. The van der Waals surface area contributed by atoms with Gasteiger partial charge in [-0.3, -0.25) is 9.10 Å². The Kier molecular flexibility index (Phi) is 6.24. The minimum Gasteiger partial charge on any atom is -0.323 e. The van der Waals surface area contributed by atoms with Gasteiger partial charge in [-0.2, -0.15) is 0 Å². The lowest BCUT2D eigenvalue weighted by molar-refractivity contribution is -0.114. The quantitative estimate of drug-likeness (QED) is 0.563. The molecule has 0 aliphatic carbocycles. The average molecular weight is 459 g/mol. The summed E-state index contributed by atoms with van der Waals surface area (Å²) < 4.78 is 40.3. The van der Waals surface area contributed by atoms with Gasteiger partial charge in [0, 0.05) is 0 Å². The molecule has 2 aromatic carbocycles. The summed E-state index contributed by atoms with van der Waals surface area (Å²) in [6, 6.07) is 12.6. The molecule has 3 rings (SSSR count). The van der Waals surface area contributed by atoms with Gasteiger partial charge in [-0.1, -0.05) is 35.3 Å². The fourth-order valence-electron chi connectivity index (χ4n) is 2.36. The molecule has 146 valence electrons. The van der Waals surface area contributed by atoms with Crippen LogP contribution in [-0.2, 0) is 14.8 Å². The number of thiophene rings is 1. The number of halogens is 3. The van der Waals surface area contributed by atoms with Crippen LogP contribution in [0.25, 0.3) is 0 Å². The van der Waals surface area contributed by atoms with E-state index in [1.54, 1.807) is 29.6 Å². The summed E-state index contributed by atoms with van der Waals surface area (Å²) >= 11 is 13.0. The molecule has 0 saturated heterocycles. The third-order valence-corrected chi connectivity index (χ3v) is 7.63. The Morgan fingerprint density at radius 1 is 1.07 bits per heavy atom. The van der Waals surface area contributed by atoms with Gasteiger partial charge in [0.25, 0.3) is 10.0 Å². The highest BCUT2D eigenvalue weighted by atomic mass is 35.5. The summed E-state index contributed by atoms with van der Waals surface area (Å²) in [5.41, 5.74) is 0.411. The van der Waals surface area contributed by atoms with Crippen molar-refractivity contribution < 1.29 is 17.6 Å². The van der Waals surface area contributed by atoms with E-state index in [9.17, 15) is 17.6 Å². The van der Waals surface area contributed by atoms with Gasteiger partial charge in [-0.15, -0.1) is 11.3 Å². The predicted molar refractivity (Wildman–Crippen MR) is 110 cm³/mol. The zero-order valence-corrected chi connectivity index (χ0v) is 17.2. The van der Waals surface area contributed by atoms with Crippen molar-refractivity contribution in [1.82, 2.24) is 0 Å². The number of hydrogen-bond acceptors (Lipinski definition) is 4. The van der Waals surface area contributed by atoms with Crippen molar-refractivity contribution in [3.63, 3.8) is 0 Å². The monoisotopic (exact) mass is 458 g/mol. The number of nitrogens with one attached hydrogen (secondary N) is 1. The Morgan fingerprint density at radius 2 is 1.79 bits per heavy atom. The number of amides is 1. The number of rotatable bonds is 6. The number of carbonyl (C=O) groups excluding carboxylic acids is 1. The highest BCUT2D eigenvalue weighted by Crippen LogP contribution is 2.30. The largest absolute Gasteiger partial charge is 0.323 e. The maximum Gasteiger partial charge on any atom is 0.274 e. The molecule has 0 spiro atoms. The Bertz CT molecular complexity index is 1090. The van der Waals surface area contributed by atoms with Crippen molar-refractivity contribution in [3.05, 3.63) is 75.8 Å². The van der Waals surface area contributed by atoms with E-state index in [2.05, 4.69) is 5.32 Å². The van der Waals surface area contributed by atoms with E-state index in [1.165, 1.54) is 18.2 Å². The molecule has 0 bridgehead atoms. The van der Waals surface area contributed by atoms with Crippen molar-refractivity contribution in [2.24, 2.45) is 0 Å². The van der Waals surface area contributed by atoms with E-state index in [-0.39, 0.29) is 25.6 Å². The van der Waals surface area contributed by atoms with Crippen LogP contribution in [0.1, 0.15) is 0 Å². The number of benzene rings is 2. The van der Waals surface area contributed by atoms with E-state index >= 15 is 0 Å². The van der Waals surface area contributed by atoms with Crippen LogP contribution in [0.4, 0.5) is 15.8 Å². The predicted octanol–water partition coefficient (Wildman–Crippen LogP) is 5.03. The minimum atomic E-state index is -4.02. The van der Waals surface area contributed by atoms with E-state index < -0.39 is 28.3 Å². The molecule has 0 aliphatic heterocycles. The molecule has 3 aromatic rings. The molecule has 0 atom stereocenters. The second kappa shape index (κ2) is 8.48. The molecule has 28 heavy (non-hydrogen) atoms. The molecule has 1 amide bonds. The maximum atomic E-state index is 13.3. The highest BCUT2D eigenvalue weighted by Gasteiger charge is 2.28. The molecule has 10 heteroatoms. The molecule has 1 heterocycles. The molecule has 5 nitrogen and oxygen atoms in total. The molecule has 0 fully saturated rings. The van der Waals surface area contributed by atoms with Crippen LogP contribution in [0, 0.1) is 5.82 Å². The van der Waals surface area contributed by atoms with Crippen LogP contribution in [0.15, 0.2) is 64.2 Å². The maximum absolute atomic E-state index is 13.3. The van der Waals surface area contributed by atoms with Crippen molar-refractivity contribution in [3.8, 4) is 0 Å². The topological polar surface area (TPSA) is 66.5 Å². The molecule has 0 aliphatic rings. The lowest BCUT2D eigenvalue weighted by atomic mass is 10.3. The average Bonchev–Trinajstić information content (AvgIpc) is 3.20. The van der Waals surface area contributed by atoms with Crippen LogP contribution in [0.3, 0.4) is 0 Å². The Labute approximate surface area is 175 Å². The lowest BCUT2D eigenvalue weighted by Gasteiger charge is -2.23. The van der Waals surface area contributed by atoms with Crippen LogP contribution < -0.4 is 9.62 Å². The van der Waals surface area contributed by atoms with E-state index in [0.717, 1.165) is 27.8 Å². The fourth-order valence-corrected chi connectivity index (χ4v) is 5.24. The van der Waals surface area contributed by atoms with Crippen LogP contribution in [-0.4, -0.2) is 20.9 Å². The van der Waals surface area contributed by atoms with Gasteiger partial charge in [-0.05, 0) is 47.8 Å². The van der Waals surface area contributed by atoms with Crippen molar-refractivity contribution in [2.45, 2.75) is 4.21 Å². The Hall–Kier alpha value is -2.13. The van der Waals surface area contributed by atoms with Gasteiger partial charge in [0.05, 0.1) is 21.4 Å². The number of sulfonamides is 1. The standard InChI is InChI=1S/C18H13Cl2FN2O3S2/c19-14-3-1-4-15(18(14)20)22-16(24)11-23(13-8-6-12(21)7-9-13)28(25,26)17-5-2-10-27-17/h1-10H,11H2,(H,22,24). The van der Waals surface area contributed by atoms with Gasteiger partial charge < -0.3 is 5.32 Å². The van der Waals surface area contributed by atoms with Crippen molar-refractivity contribution in [1.29, 1.82) is 0 Å². The lowest BCUT2D eigenvalue weighted by Crippen LogP contribution is -2.37. The fraction of sp³-hybridized carbons (Fsp3) is 0.0556. The zero-order valence-electron chi connectivity index (χ0n) is 14.1. The smallest absolute Gasteiger partial charge is 0.274 e. The van der Waals surface area contributed by atoms with Gasteiger partial charge in [0.2, 0.25) is 5.91 Å². The molecule has 1 N–H and O–H groups in total. The molecule has 0 unspecified atom stereocenters. The van der Waals surface area contributed by atoms with Crippen LogP contribution in [0.2, 0.25) is 10.0 Å². The Morgan fingerprint density at radius 3 is 2.43 bits per heavy atom. The molecule has 0 radical (unpaired) electrons. The van der Waals surface area contributed by atoms with Gasteiger partial charge >= 0.3 is 0 Å². The van der Waals surface area contributed by atoms with Gasteiger partial charge in [0.15, 0.2) is 0 Å². The molecular formula is C18H13Cl2FN2O3S2. The summed E-state index contributed by atoms with van der Waals surface area (Å²) in [6.45, 7) is -0.533. The highest BCUT2D eigenvalue weighted by molar-refractivity contribution is 7.94. The second-order valence-corrected chi connectivity index (χ2v) is 9.39. The molecular weight excluding hydrogens is 446 g/mol. The summed E-state index contributed by atoms with van der Waals surface area (Å²) in [4.78, 5) is 12.6. The van der Waals surface area contributed by atoms with E-state index in [0.29, 0.717) is 0 Å². The first-order valence-corrected chi connectivity index (χ1v) is 10.9. The summed E-state index contributed by atoms with van der Waals surface area (Å²) in [7, 11) is -4.02. The van der Waals surface area contributed by atoms with Gasteiger partial charge in [-0.25, -0.2) is 12.8 Å². The summed E-state index contributed by atoms with van der Waals surface area (Å²) in [6.07, 6.45) is 0. The normalized spacial score (nSPS) is 11.2. The van der Waals surface area contributed by atoms with E-state index in [4.69, 9.17) is 23.2 Å². The summed E-state index contributed by atoms with van der Waals surface area (Å²) in [5.74, 6) is -1.15. The number of anilines is 2. The van der Waals surface area contributed by atoms with Crippen molar-refractivity contribution >= 4 is 61.8 Å². The Balaban J connectivity index is 1.92. The third-order valence-electron chi connectivity index (χ3n) is 3.67. The van der Waals surface area contributed by atoms with Crippen molar-refractivity contribution in [2.75, 3.05) is 16.2 Å². The first-order valence-electron chi connectivity index (χ1n) is 7.85. The summed E-state index contributed by atoms with van der Waals surface area (Å²) in [5, 5.41) is 4.56. The number of carbonyl (C=O) groups is 1. The first kappa shape index (κ1) is 20.6.